The molecule has 3 aliphatic rings. The summed E-state index contributed by atoms with van der Waals surface area (Å²) in [5.74, 6) is 1.28. The van der Waals surface area contributed by atoms with E-state index in [0.717, 1.165) is 6.42 Å². The molecule has 3 heteroatoms. The summed E-state index contributed by atoms with van der Waals surface area (Å²) in [7, 11) is 1.91. The first-order chi connectivity index (χ1) is 12.7. The molecule has 0 fully saturated rings. The predicted molar refractivity (Wildman–Crippen MR) is 102 cm³/mol. The van der Waals surface area contributed by atoms with Gasteiger partial charge in [0.15, 0.2) is 0 Å². The first-order valence-electron chi connectivity index (χ1n) is 9.31. The van der Waals surface area contributed by atoms with Gasteiger partial charge in [0.2, 0.25) is 0 Å². The topological polar surface area (TPSA) is 34.0 Å². The van der Waals surface area contributed by atoms with Crippen LogP contribution in [0.1, 0.15) is 51.0 Å². The average molecular weight is 342 g/mol. The second-order valence-electron chi connectivity index (χ2n) is 7.50. The van der Waals surface area contributed by atoms with E-state index in [1.165, 1.54) is 22.3 Å². The number of fused-ring (bicyclic) bond motifs is 1. The summed E-state index contributed by atoms with van der Waals surface area (Å²) in [4.78, 5) is 12.5. The van der Waals surface area contributed by atoms with Gasteiger partial charge in [-0.3, -0.25) is 4.79 Å². The molecule has 3 aromatic rings. The van der Waals surface area contributed by atoms with Crippen molar-refractivity contribution in [3.8, 4) is 0 Å². The Morgan fingerprint density at radius 1 is 0.962 bits per heavy atom. The molecular formula is C23H22N2O. The zero-order valence-electron chi connectivity index (χ0n) is 14.9. The van der Waals surface area contributed by atoms with Gasteiger partial charge in [-0.25, -0.2) is 0 Å². The molecule has 2 bridgehead atoms. The van der Waals surface area contributed by atoms with Gasteiger partial charge in [-0.05, 0) is 46.7 Å². The van der Waals surface area contributed by atoms with Crippen molar-refractivity contribution < 1.29 is 4.79 Å². The van der Waals surface area contributed by atoms with Crippen molar-refractivity contribution in [3.05, 3.63) is 94.8 Å². The van der Waals surface area contributed by atoms with Crippen LogP contribution in [0.25, 0.3) is 0 Å². The van der Waals surface area contributed by atoms with E-state index in [-0.39, 0.29) is 5.91 Å². The van der Waals surface area contributed by atoms with Crippen LogP contribution in [0.5, 0.6) is 0 Å². The minimum Gasteiger partial charge on any atom is -0.350 e. The summed E-state index contributed by atoms with van der Waals surface area (Å²) in [5.41, 5.74) is 6.55. The van der Waals surface area contributed by atoms with E-state index in [1.807, 2.05) is 29.9 Å². The fraction of sp³-hybridized carbons (Fsp3) is 0.261. The van der Waals surface area contributed by atoms with Crippen LogP contribution in [0.15, 0.2) is 66.9 Å². The third-order valence-electron chi connectivity index (χ3n) is 6.12. The first kappa shape index (κ1) is 15.4. The van der Waals surface area contributed by atoms with E-state index in [0.29, 0.717) is 30.0 Å². The maximum absolute atomic E-state index is 12.5. The number of hydrogen-bond donors (Lipinski definition) is 1. The Morgan fingerprint density at radius 2 is 1.58 bits per heavy atom. The average Bonchev–Trinajstić information content (AvgIpc) is 3.12. The molecule has 0 spiro atoms. The van der Waals surface area contributed by atoms with Crippen molar-refractivity contribution in [3.63, 3.8) is 0 Å². The van der Waals surface area contributed by atoms with Gasteiger partial charge in [-0.15, -0.1) is 0 Å². The maximum atomic E-state index is 12.5. The summed E-state index contributed by atoms with van der Waals surface area (Å²) < 4.78 is 1.87. The molecule has 1 aromatic heterocycles. The first-order valence-corrected chi connectivity index (χ1v) is 9.31. The molecular weight excluding hydrogens is 320 g/mol. The third-order valence-corrected chi connectivity index (χ3v) is 6.12. The van der Waals surface area contributed by atoms with Crippen molar-refractivity contribution in [2.75, 3.05) is 6.54 Å². The van der Waals surface area contributed by atoms with Gasteiger partial charge in [0, 0.05) is 31.6 Å². The van der Waals surface area contributed by atoms with E-state index >= 15 is 0 Å². The highest BCUT2D eigenvalue weighted by Gasteiger charge is 2.42. The highest BCUT2D eigenvalue weighted by Crippen LogP contribution is 2.55. The van der Waals surface area contributed by atoms with E-state index < -0.39 is 0 Å². The van der Waals surface area contributed by atoms with Crippen molar-refractivity contribution in [2.45, 2.75) is 18.3 Å². The number of carbonyl (C=O) groups excluding carboxylic acids is 1. The van der Waals surface area contributed by atoms with Gasteiger partial charge >= 0.3 is 0 Å². The van der Waals surface area contributed by atoms with Crippen molar-refractivity contribution in [1.82, 2.24) is 9.88 Å². The van der Waals surface area contributed by atoms with E-state index in [9.17, 15) is 4.79 Å². The lowest BCUT2D eigenvalue weighted by Crippen LogP contribution is -2.39. The molecule has 1 heterocycles. The molecule has 26 heavy (non-hydrogen) atoms. The van der Waals surface area contributed by atoms with Crippen molar-refractivity contribution in [2.24, 2.45) is 13.0 Å². The summed E-state index contributed by atoms with van der Waals surface area (Å²) in [6.45, 7) is 0.716. The van der Waals surface area contributed by atoms with Gasteiger partial charge in [0.25, 0.3) is 5.91 Å². The largest absolute Gasteiger partial charge is 0.350 e. The minimum absolute atomic E-state index is 0.0144. The Labute approximate surface area is 153 Å². The quantitative estimate of drug-likeness (QED) is 0.765. The van der Waals surface area contributed by atoms with Crippen LogP contribution in [-0.2, 0) is 7.05 Å². The SMILES string of the molecule is Cn1cccc1C(=O)NCC1CC2c3ccccc3C1c1ccccc12. The lowest BCUT2D eigenvalue weighted by molar-refractivity contribution is 0.0935. The molecule has 3 aliphatic carbocycles. The van der Waals surface area contributed by atoms with Crippen molar-refractivity contribution in [1.29, 1.82) is 0 Å². The summed E-state index contributed by atoms with van der Waals surface area (Å²) in [5, 5.41) is 3.18. The zero-order chi connectivity index (χ0) is 17.7. The number of hydrogen-bond acceptors (Lipinski definition) is 1. The molecule has 130 valence electrons. The second kappa shape index (κ2) is 5.87. The van der Waals surface area contributed by atoms with E-state index in [2.05, 4.69) is 53.8 Å². The summed E-state index contributed by atoms with van der Waals surface area (Å²) >= 11 is 0. The van der Waals surface area contributed by atoms with Crippen LogP contribution >= 0.6 is 0 Å². The highest BCUT2D eigenvalue weighted by atomic mass is 16.1. The molecule has 2 aromatic carbocycles. The number of nitrogens with one attached hydrogen (secondary N) is 1. The standard InChI is InChI=1S/C23H22N2O/c1-25-12-6-11-21(25)23(26)24-14-15-13-20-16-7-2-4-9-18(16)22(15)19-10-5-3-8-17(19)20/h2-12,15,20,22H,13-14H2,1H3,(H,24,26). The lowest BCUT2D eigenvalue weighted by Gasteiger charge is -2.45. The van der Waals surface area contributed by atoms with Gasteiger partial charge in [0.05, 0.1) is 0 Å². The lowest BCUT2D eigenvalue weighted by atomic mass is 9.59. The molecule has 1 N–H and O–H groups in total. The fourth-order valence-electron chi connectivity index (χ4n) is 4.97. The van der Waals surface area contributed by atoms with Crippen molar-refractivity contribution >= 4 is 5.91 Å². The molecule has 0 aliphatic heterocycles. The van der Waals surface area contributed by atoms with Crippen LogP contribution in [0.3, 0.4) is 0 Å². The molecule has 0 radical (unpaired) electrons. The molecule has 1 atom stereocenters. The van der Waals surface area contributed by atoms with Gasteiger partial charge in [-0.2, -0.15) is 0 Å². The predicted octanol–water partition coefficient (Wildman–Crippen LogP) is 4.05. The number of nitrogens with zero attached hydrogens (tertiary/aromatic N) is 1. The molecule has 0 saturated heterocycles. The Hall–Kier alpha value is -2.81. The maximum Gasteiger partial charge on any atom is 0.267 e. The zero-order valence-corrected chi connectivity index (χ0v) is 14.9. The fourth-order valence-corrected chi connectivity index (χ4v) is 4.97. The number of rotatable bonds is 3. The van der Waals surface area contributed by atoms with Gasteiger partial charge in [-0.1, -0.05) is 48.5 Å². The van der Waals surface area contributed by atoms with Crippen LogP contribution in [-0.4, -0.2) is 17.0 Å². The second-order valence-corrected chi connectivity index (χ2v) is 7.50. The molecule has 1 amide bonds. The van der Waals surface area contributed by atoms with E-state index in [4.69, 9.17) is 0 Å². The highest BCUT2D eigenvalue weighted by molar-refractivity contribution is 5.92. The van der Waals surface area contributed by atoms with E-state index in [1.54, 1.807) is 0 Å². The number of aromatic nitrogens is 1. The van der Waals surface area contributed by atoms with Gasteiger partial charge < -0.3 is 9.88 Å². The Kier molecular flexibility index (Phi) is 3.49. The molecule has 0 saturated carbocycles. The number of amides is 1. The minimum atomic E-state index is 0.0144. The van der Waals surface area contributed by atoms with Gasteiger partial charge in [0.1, 0.15) is 5.69 Å². The van der Waals surface area contributed by atoms with Crippen LogP contribution in [0.2, 0.25) is 0 Å². The number of carbonyl (C=O) groups is 1. The molecule has 3 nitrogen and oxygen atoms in total. The number of aryl methyl sites for hydroxylation is 1. The smallest absolute Gasteiger partial charge is 0.267 e. The third kappa shape index (κ3) is 2.23. The normalized spacial score (nSPS) is 22.6. The Morgan fingerprint density at radius 3 is 2.15 bits per heavy atom. The van der Waals surface area contributed by atoms with Crippen LogP contribution < -0.4 is 5.32 Å². The van der Waals surface area contributed by atoms with Crippen LogP contribution in [0, 0.1) is 5.92 Å². The monoisotopic (exact) mass is 342 g/mol. The molecule has 6 rings (SSSR count). The summed E-state index contributed by atoms with van der Waals surface area (Å²) in [6, 6.07) is 21.5. The number of benzene rings is 2. The van der Waals surface area contributed by atoms with Crippen LogP contribution in [0.4, 0.5) is 0 Å². The Balaban J connectivity index is 1.45. The summed E-state index contributed by atoms with van der Waals surface area (Å²) in [6.07, 6.45) is 3.01. The molecule has 1 unspecified atom stereocenters. The Bertz CT molecular complexity index is 940.